The molecule has 0 spiro atoms. The fourth-order valence-corrected chi connectivity index (χ4v) is 5.73. The van der Waals surface area contributed by atoms with Gasteiger partial charge in [0.15, 0.2) is 0 Å². The van der Waals surface area contributed by atoms with Gasteiger partial charge in [0.25, 0.3) is 5.91 Å². The van der Waals surface area contributed by atoms with Crippen LogP contribution in [0, 0.1) is 0 Å². The summed E-state index contributed by atoms with van der Waals surface area (Å²) in [5.74, 6) is 0.0423. The van der Waals surface area contributed by atoms with Gasteiger partial charge < -0.3 is 14.8 Å². The van der Waals surface area contributed by atoms with E-state index in [1.807, 2.05) is 72.9 Å². The van der Waals surface area contributed by atoms with Gasteiger partial charge in [0, 0.05) is 24.5 Å². The van der Waals surface area contributed by atoms with Crippen molar-refractivity contribution in [2.75, 3.05) is 18.0 Å². The predicted molar refractivity (Wildman–Crippen MR) is 216 cm³/mol. The molecule has 4 rings (SSSR count). The molecule has 0 atom stereocenters. The van der Waals surface area contributed by atoms with E-state index in [0.29, 0.717) is 30.8 Å². The topological polar surface area (TPSA) is 133 Å². The fourth-order valence-electron chi connectivity index (χ4n) is 5.73. The van der Waals surface area contributed by atoms with Crippen molar-refractivity contribution in [1.82, 2.24) is 29.9 Å². The minimum Gasteiger partial charge on any atom is -0.443 e. The number of carbonyl (C=O) groups excluding carboxylic acids is 3. The highest BCUT2D eigenvalue weighted by atomic mass is 16.6. The van der Waals surface area contributed by atoms with Gasteiger partial charge >= 0.3 is 12.2 Å². The number of nitrogens with zero attached hydrogens (tertiary/aromatic N) is 6. The molecule has 1 N–H and O–H groups in total. The number of unbranched alkanes of at least 4 members (excludes halogenated alkanes) is 4. The Labute approximate surface area is 326 Å². The van der Waals surface area contributed by atoms with Crippen LogP contribution in [0.4, 0.5) is 15.5 Å². The lowest BCUT2D eigenvalue weighted by molar-refractivity contribution is 0.0532. The number of hydrogen-bond donors (Lipinski definition) is 1. The van der Waals surface area contributed by atoms with Crippen LogP contribution in [0.1, 0.15) is 120 Å². The zero-order chi connectivity index (χ0) is 39.8. The first-order valence-electron chi connectivity index (χ1n) is 19.5. The van der Waals surface area contributed by atoms with Crippen molar-refractivity contribution in [1.29, 1.82) is 0 Å². The van der Waals surface area contributed by atoms with Crippen LogP contribution in [0.15, 0.2) is 73.1 Å². The molecule has 2 aromatic heterocycles. The molecule has 0 saturated heterocycles. The molecule has 2 amide bonds. The van der Waals surface area contributed by atoms with E-state index < -0.39 is 23.4 Å². The average Bonchev–Trinajstić information content (AvgIpc) is 3.76. The Bertz CT molecular complexity index is 1830. The summed E-state index contributed by atoms with van der Waals surface area (Å²) in [6, 6.07) is 17.6. The Kier molecular flexibility index (Phi) is 15.8. The van der Waals surface area contributed by atoms with Gasteiger partial charge in [-0.25, -0.2) is 24.0 Å². The maximum absolute atomic E-state index is 13.5. The number of anilines is 1. The molecule has 2 aromatic carbocycles. The normalized spacial score (nSPS) is 11.8. The Hall–Kier alpha value is -5.26. The highest BCUT2D eigenvalue weighted by molar-refractivity contribution is 5.94. The average molecular weight is 754 g/mol. The van der Waals surface area contributed by atoms with Crippen LogP contribution in [-0.2, 0) is 35.3 Å². The number of aromatic nitrogens is 5. The number of ether oxygens (including phenoxy) is 2. The largest absolute Gasteiger partial charge is 0.443 e. The SMILES string of the molecule is CCCCCc1ccc(C(=O)NCCn2cc(CCCCCc3cn(C(=O)OC(C)(C)C)c(N(C/C=C/c4ccccc4)C(=O)OC(C)(C)C)n3)nn2)cc1. The number of amides is 2. The fraction of sp³-hybridized carbons (Fsp3) is 0.488. The van der Waals surface area contributed by atoms with Gasteiger partial charge in [-0.1, -0.05) is 86.0 Å². The van der Waals surface area contributed by atoms with Crippen LogP contribution in [0.3, 0.4) is 0 Å². The van der Waals surface area contributed by atoms with Gasteiger partial charge in [-0.05, 0) is 103 Å². The Morgan fingerprint density at radius 3 is 2.15 bits per heavy atom. The molecule has 0 unspecified atom stereocenters. The second-order valence-electron chi connectivity index (χ2n) is 15.7. The van der Waals surface area contributed by atoms with E-state index >= 15 is 0 Å². The van der Waals surface area contributed by atoms with E-state index in [1.54, 1.807) is 52.4 Å². The van der Waals surface area contributed by atoms with Crippen molar-refractivity contribution in [3.05, 3.63) is 101 Å². The monoisotopic (exact) mass is 753 g/mol. The molecule has 0 radical (unpaired) electrons. The summed E-state index contributed by atoms with van der Waals surface area (Å²) >= 11 is 0. The third-order valence-electron chi connectivity index (χ3n) is 8.44. The molecule has 2 heterocycles. The zero-order valence-corrected chi connectivity index (χ0v) is 33.7. The second kappa shape index (κ2) is 20.4. The highest BCUT2D eigenvalue weighted by Crippen LogP contribution is 2.22. The van der Waals surface area contributed by atoms with Crippen molar-refractivity contribution in [2.45, 2.75) is 124 Å². The summed E-state index contributed by atoms with van der Waals surface area (Å²) in [5, 5.41) is 11.5. The second-order valence-corrected chi connectivity index (χ2v) is 15.7. The van der Waals surface area contributed by atoms with Crippen molar-refractivity contribution < 1.29 is 23.9 Å². The van der Waals surface area contributed by atoms with E-state index in [2.05, 4.69) is 22.6 Å². The lowest BCUT2D eigenvalue weighted by Crippen LogP contribution is -2.39. The van der Waals surface area contributed by atoms with Crippen molar-refractivity contribution >= 4 is 30.1 Å². The molecule has 55 heavy (non-hydrogen) atoms. The maximum Gasteiger partial charge on any atom is 0.421 e. The van der Waals surface area contributed by atoms with E-state index in [-0.39, 0.29) is 18.4 Å². The minimum absolute atomic E-state index is 0.0964. The molecule has 12 heteroatoms. The molecule has 12 nitrogen and oxygen atoms in total. The van der Waals surface area contributed by atoms with E-state index in [0.717, 1.165) is 43.4 Å². The number of carbonyl (C=O) groups is 3. The maximum atomic E-state index is 13.5. The Morgan fingerprint density at radius 2 is 1.47 bits per heavy atom. The number of benzene rings is 2. The van der Waals surface area contributed by atoms with Crippen LogP contribution in [0.2, 0.25) is 0 Å². The molecular weight excluding hydrogens is 695 g/mol. The first kappa shape index (κ1) is 42.5. The lowest BCUT2D eigenvalue weighted by Gasteiger charge is -2.27. The molecule has 0 aliphatic carbocycles. The van der Waals surface area contributed by atoms with Crippen LogP contribution in [0.25, 0.3) is 6.08 Å². The molecule has 4 aromatic rings. The summed E-state index contributed by atoms with van der Waals surface area (Å²) in [5.41, 5.74) is 2.93. The Morgan fingerprint density at radius 1 is 0.800 bits per heavy atom. The zero-order valence-electron chi connectivity index (χ0n) is 33.7. The third kappa shape index (κ3) is 14.8. The van der Waals surface area contributed by atoms with Crippen LogP contribution in [-0.4, -0.2) is 66.9 Å². The quantitative estimate of drug-likeness (QED) is 0.0997. The summed E-state index contributed by atoms with van der Waals surface area (Å²) in [4.78, 5) is 45.7. The van der Waals surface area contributed by atoms with Crippen molar-refractivity contribution in [3.63, 3.8) is 0 Å². The van der Waals surface area contributed by atoms with Crippen LogP contribution < -0.4 is 10.2 Å². The van der Waals surface area contributed by atoms with Gasteiger partial charge in [-0.15, -0.1) is 5.10 Å². The first-order valence-corrected chi connectivity index (χ1v) is 19.5. The summed E-state index contributed by atoms with van der Waals surface area (Å²) in [7, 11) is 0. The molecule has 0 saturated carbocycles. The molecule has 0 fully saturated rings. The van der Waals surface area contributed by atoms with Crippen molar-refractivity contribution in [3.8, 4) is 0 Å². The Balaban J connectivity index is 1.31. The smallest absolute Gasteiger partial charge is 0.421 e. The standard InChI is InChI=1S/C43H59N7O5/c1-8-9-12-18-34-24-26-35(27-25-34)38(51)44-28-30-48-31-37(46-47-48)23-16-11-15-22-36-32-50(41(53)55-43(5,6)7)39(45-36)49(40(52)54-42(2,3)4)29-17-21-33-19-13-10-14-20-33/h10,13-14,17,19-21,24-27,31-32H,8-9,11-12,15-16,18,22-23,28-30H2,1-7H3,(H,44,51)/b21-17+. The third-order valence-corrected chi connectivity index (χ3v) is 8.44. The number of nitrogens with one attached hydrogen (secondary N) is 1. The number of hydrogen-bond acceptors (Lipinski definition) is 8. The van der Waals surface area contributed by atoms with E-state index in [4.69, 9.17) is 14.5 Å². The van der Waals surface area contributed by atoms with Crippen LogP contribution in [0.5, 0.6) is 0 Å². The minimum atomic E-state index is -0.758. The van der Waals surface area contributed by atoms with Crippen LogP contribution >= 0.6 is 0 Å². The first-order chi connectivity index (χ1) is 26.2. The number of rotatable bonds is 18. The number of imidazole rings is 1. The number of aryl methyl sites for hydroxylation is 3. The summed E-state index contributed by atoms with van der Waals surface area (Å²) in [6.07, 6.45) is 14.6. The van der Waals surface area contributed by atoms with Crippen molar-refractivity contribution in [2.24, 2.45) is 0 Å². The van der Waals surface area contributed by atoms with Gasteiger partial charge in [0.1, 0.15) is 11.2 Å². The molecule has 296 valence electrons. The highest BCUT2D eigenvalue weighted by Gasteiger charge is 2.30. The van der Waals surface area contributed by atoms with E-state index in [9.17, 15) is 14.4 Å². The van der Waals surface area contributed by atoms with E-state index in [1.165, 1.54) is 34.3 Å². The molecule has 0 aliphatic rings. The predicted octanol–water partition coefficient (Wildman–Crippen LogP) is 8.83. The van der Waals surface area contributed by atoms with Gasteiger partial charge in [-0.3, -0.25) is 9.48 Å². The molecule has 0 aliphatic heterocycles. The van der Waals surface area contributed by atoms with Gasteiger partial charge in [-0.2, -0.15) is 0 Å². The molecular formula is C43H59N7O5. The van der Waals surface area contributed by atoms with Gasteiger partial charge in [0.2, 0.25) is 5.95 Å². The summed E-state index contributed by atoms with van der Waals surface area (Å²) < 4.78 is 14.5. The molecule has 0 bridgehead atoms. The lowest BCUT2D eigenvalue weighted by atomic mass is 10.1. The summed E-state index contributed by atoms with van der Waals surface area (Å²) in [6.45, 7) is 14.1. The van der Waals surface area contributed by atoms with Gasteiger partial charge in [0.05, 0.1) is 24.5 Å².